The highest BCUT2D eigenvalue weighted by molar-refractivity contribution is 5.93. The van der Waals surface area contributed by atoms with Crippen molar-refractivity contribution >= 4 is 17.7 Å². The average Bonchev–Trinajstić information content (AvgIpc) is 2.37. The lowest BCUT2D eigenvalue weighted by molar-refractivity contribution is 0.0696. The molecule has 0 aromatic heterocycles. The van der Waals surface area contributed by atoms with Crippen LogP contribution in [0.3, 0.4) is 0 Å². The molecule has 0 saturated heterocycles. The number of benzene rings is 1. The number of carbonyl (C=O) groups is 2. The molecule has 1 aromatic rings. The molecular weight excluding hydrogens is 234 g/mol. The molecule has 18 heavy (non-hydrogen) atoms. The average molecular weight is 249 g/mol. The second kappa shape index (κ2) is 5.08. The van der Waals surface area contributed by atoms with Gasteiger partial charge in [-0.15, -0.1) is 0 Å². The first-order chi connectivity index (χ1) is 8.63. The van der Waals surface area contributed by atoms with Gasteiger partial charge in [-0.3, -0.25) is 4.90 Å². The van der Waals surface area contributed by atoms with Gasteiger partial charge in [0.25, 0.3) is 0 Å². The van der Waals surface area contributed by atoms with Crippen LogP contribution in [0.15, 0.2) is 18.2 Å². The highest BCUT2D eigenvalue weighted by atomic mass is 16.6. The van der Waals surface area contributed by atoms with Crippen LogP contribution in [-0.4, -0.2) is 30.3 Å². The number of rotatable bonds is 2. The molecule has 5 nitrogen and oxygen atoms in total. The molecule has 0 spiro atoms. The van der Waals surface area contributed by atoms with Gasteiger partial charge in [0.15, 0.2) is 0 Å². The van der Waals surface area contributed by atoms with Gasteiger partial charge in [-0.2, -0.15) is 0 Å². The van der Waals surface area contributed by atoms with Gasteiger partial charge in [0.2, 0.25) is 0 Å². The van der Waals surface area contributed by atoms with Gasteiger partial charge in [-0.05, 0) is 37.5 Å². The summed E-state index contributed by atoms with van der Waals surface area (Å²) in [6, 6.07) is 4.87. The zero-order valence-corrected chi connectivity index (χ0v) is 10.2. The number of aromatic carboxylic acids is 1. The number of hydrogen-bond acceptors (Lipinski definition) is 3. The van der Waals surface area contributed by atoms with Crippen LogP contribution < -0.4 is 4.90 Å². The number of hydrogen-bond donors (Lipinski definition) is 1. The number of amides is 1. The Morgan fingerprint density at radius 2 is 2.22 bits per heavy atom. The predicted molar refractivity (Wildman–Crippen MR) is 66.1 cm³/mol. The van der Waals surface area contributed by atoms with Crippen molar-refractivity contribution in [3.63, 3.8) is 0 Å². The fraction of sp³-hybridized carbons (Fsp3) is 0.385. The number of carboxylic acid groups (broad SMARTS) is 1. The molecule has 96 valence electrons. The van der Waals surface area contributed by atoms with Crippen molar-refractivity contribution in [1.29, 1.82) is 0 Å². The smallest absolute Gasteiger partial charge is 0.414 e. The first-order valence-corrected chi connectivity index (χ1v) is 5.94. The molecule has 0 atom stereocenters. The summed E-state index contributed by atoms with van der Waals surface area (Å²) in [5.74, 6) is -0.993. The van der Waals surface area contributed by atoms with Gasteiger partial charge in [-0.25, -0.2) is 9.59 Å². The van der Waals surface area contributed by atoms with E-state index >= 15 is 0 Å². The standard InChI is InChI=1S/C13H15NO4/c1-2-18-13(17)14-7-3-4-9-5-6-10(12(15)16)8-11(9)14/h5-6,8H,2-4,7H2,1H3,(H,15,16). The summed E-state index contributed by atoms with van der Waals surface area (Å²) in [7, 11) is 0. The van der Waals surface area contributed by atoms with E-state index in [-0.39, 0.29) is 5.56 Å². The quantitative estimate of drug-likeness (QED) is 0.873. The van der Waals surface area contributed by atoms with Crippen molar-refractivity contribution < 1.29 is 19.4 Å². The van der Waals surface area contributed by atoms with Gasteiger partial charge in [-0.1, -0.05) is 6.07 Å². The van der Waals surface area contributed by atoms with E-state index in [4.69, 9.17) is 9.84 Å². The Balaban J connectivity index is 2.37. The van der Waals surface area contributed by atoms with Gasteiger partial charge < -0.3 is 9.84 Å². The number of carboxylic acids is 1. The highest BCUT2D eigenvalue weighted by Crippen LogP contribution is 2.28. The minimum absolute atomic E-state index is 0.185. The second-order valence-corrected chi connectivity index (χ2v) is 4.10. The van der Waals surface area contributed by atoms with E-state index in [1.54, 1.807) is 19.1 Å². The first kappa shape index (κ1) is 12.4. The minimum atomic E-state index is -0.993. The molecule has 0 saturated carbocycles. The molecule has 0 unspecified atom stereocenters. The molecule has 0 aliphatic carbocycles. The van der Waals surface area contributed by atoms with Crippen molar-refractivity contribution in [3.05, 3.63) is 29.3 Å². The van der Waals surface area contributed by atoms with Gasteiger partial charge in [0, 0.05) is 6.54 Å². The maximum atomic E-state index is 11.8. The van der Waals surface area contributed by atoms with Crippen LogP contribution in [-0.2, 0) is 11.2 Å². The lowest BCUT2D eigenvalue weighted by Crippen LogP contribution is -2.36. The summed E-state index contributed by atoms with van der Waals surface area (Å²) in [5.41, 5.74) is 1.82. The zero-order valence-electron chi connectivity index (χ0n) is 10.2. The van der Waals surface area contributed by atoms with E-state index in [1.807, 2.05) is 0 Å². The normalized spacial score (nSPS) is 13.9. The van der Waals surface area contributed by atoms with Crippen LogP contribution in [0, 0.1) is 0 Å². The molecule has 0 fully saturated rings. The molecule has 1 aliphatic heterocycles. The lowest BCUT2D eigenvalue weighted by atomic mass is 10.00. The third-order valence-electron chi connectivity index (χ3n) is 2.94. The fourth-order valence-electron chi connectivity index (χ4n) is 2.10. The third-order valence-corrected chi connectivity index (χ3v) is 2.94. The van der Waals surface area contributed by atoms with Crippen LogP contribution in [0.25, 0.3) is 0 Å². The molecule has 0 bridgehead atoms. The molecule has 1 N–H and O–H groups in total. The molecule has 5 heteroatoms. The van der Waals surface area contributed by atoms with Crippen LogP contribution in [0.4, 0.5) is 10.5 Å². The summed E-state index contributed by atoms with van der Waals surface area (Å²) >= 11 is 0. The molecule has 1 aliphatic rings. The fourth-order valence-corrected chi connectivity index (χ4v) is 2.10. The summed E-state index contributed by atoms with van der Waals surface area (Å²) in [6.07, 6.45) is 1.30. The number of nitrogens with zero attached hydrogens (tertiary/aromatic N) is 1. The molecule has 0 radical (unpaired) electrons. The third kappa shape index (κ3) is 2.30. The Labute approximate surface area is 105 Å². The van der Waals surface area contributed by atoms with Crippen LogP contribution in [0.2, 0.25) is 0 Å². The van der Waals surface area contributed by atoms with E-state index in [9.17, 15) is 9.59 Å². The summed E-state index contributed by atoms with van der Waals surface area (Å²) in [4.78, 5) is 24.3. The van der Waals surface area contributed by atoms with Crippen molar-refractivity contribution in [2.45, 2.75) is 19.8 Å². The molecule has 1 heterocycles. The van der Waals surface area contributed by atoms with Crippen molar-refractivity contribution in [1.82, 2.24) is 0 Å². The number of anilines is 1. The second-order valence-electron chi connectivity index (χ2n) is 4.10. The van der Waals surface area contributed by atoms with Crippen molar-refractivity contribution in [2.24, 2.45) is 0 Å². The molecule has 1 aromatic carbocycles. The van der Waals surface area contributed by atoms with E-state index in [0.717, 1.165) is 18.4 Å². The van der Waals surface area contributed by atoms with Crippen LogP contribution in [0.5, 0.6) is 0 Å². The zero-order chi connectivity index (χ0) is 13.1. The van der Waals surface area contributed by atoms with E-state index in [2.05, 4.69) is 0 Å². The first-order valence-electron chi connectivity index (χ1n) is 5.94. The Kier molecular flexibility index (Phi) is 3.50. The number of carbonyl (C=O) groups excluding carboxylic acids is 1. The van der Waals surface area contributed by atoms with E-state index < -0.39 is 12.1 Å². The maximum Gasteiger partial charge on any atom is 0.414 e. The minimum Gasteiger partial charge on any atom is -0.478 e. The van der Waals surface area contributed by atoms with E-state index in [0.29, 0.717) is 18.8 Å². The summed E-state index contributed by atoms with van der Waals surface area (Å²) in [6.45, 7) is 2.62. The van der Waals surface area contributed by atoms with Gasteiger partial charge in [0.05, 0.1) is 17.9 Å². The number of aryl methyl sites for hydroxylation is 1. The Bertz CT molecular complexity index is 484. The Hall–Kier alpha value is -2.04. The lowest BCUT2D eigenvalue weighted by Gasteiger charge is -2.28. The maximum absolute atomic E-state index is 11.8. The van der Waals surface area contributed by atoms with Crippen LogP contribution >= 0.6 is 0 Å². The van der Waals surface area contributed by atoms with Crippen molar-refractivity contribution in [3.8, 4) is 0 Å². The highest BCUT2D eigenvalue weighted by Gasteiger charge is 2.24. The van der Waals surface area contributed by atoms with Crippen LogP contribution in [0.1, 0.15) is 29.3 Å². The largest absolute Gasteiger partial charge is 0.478 e. The Morgan fingerprint density at radius 1 is 1.44 bits per heavy atom. The predicted octanol–water partition coefficient (Wildman–Crippen LogP) is 2.29. The molecular formula is C13H15NO4. The van der Waals surface area contributed by atoms with Gasteiger partial charge >= 0.3 is 12.1 Å². The summed E-state index contributed by atoms with van der Waals surface area (Å²) < 4.78 is 4.98. The molecule has 1 amide bonds. The number of ether oxygens (including phenoxy) is 1. The SMILES string of the molecule is CCOC(=O)N1CCCc2ccc(C(=O)O)cc21. The topological polar surface area (TPSA) is 66.8 Å². The summed E-state index contributed by atoms with van der Waals surface area (Å²) in [5, 5.41) is 8.98. The monoisotopic (exact) mass is 249 g/mol. The number of fused-ring (bicyclic) bond motifs is 1. The Morgan fingerprint density at radius 3 is 2.89 bits per heavy atom. The van der Waals surface area contributed by atoms with E-state index in [1.165, 1.54) is 11.0 Å². The van der Waals surface area contributed by atoms with Gasteiger partial charge in [0.1, 0.15) is 0 Å². The van der Waals surface area contributed by atoms with Crippen molar-refractivity contribution in [2.75, 3.05) is 18.1 Å². The molecule has 2 rings (SSSR count).